The van der Waals surface area contributed by atoms with Gasteiger partial charge in [-0.3, -0.25) is 9.78 Å². The molecular weight excluding hydrogens is 278 g/mol. The van der Waals surface area contributed by atoms with E-state index in [1.807, 2.05) is 25.1 Å². The SMILES string of the molecule is Cc1cccc(NC(=O)[C@@H]2CCCN(c3cnccn3)C2)n1. The second-order valence-electron chi connectivity index (χ2n) is 5.50. The van der Waals surface area contributed by atoms with E-state index in [0.29, 0.717) is 12.4 Å². The van der Waals surface area contributed by atoms with Crippen LogP contribution in [0.15, 0.2) is 36.8 Å². The summed E-state index contributed by atoms with van der Waals surface area (Å²) in [5.74, 6) is 1.40. The molecule has 0 unspecified atom stereocenters. The van der Waals surface area contributed by atoms with Crippen LogP contribution in [0.1, 0.15) is 18.5 Å². The largest absolute Gasteiger partial charge is 0.355 e. The number of anilines is 2. The number of rotatable bonds is 3. The molecule has 3 heterocycles. The maximum Gasteiger partial charge on any atom is 0.230 e. The number of amides is 1. The third-order valence-corrected chi connectivity index (χ3v) is 3.81. The van der Waals surface area contributed by atoms with Crippen molar-refractivity contribution in [2.45, 2.75) is 19.8 Å². The molecule has 6 heteroatoms. The first kappa shape index (κ1) is 14.4. The average Bonchev–Trinajstić information content (AvgIpc) is 2.56. The molecule has 1 atom stereocenters. The molecular formula is C16H19N5O. The highest BCUT2D eigenvalue weighted by molar-refractivity contribution is 5.92. The molecule has 1 aliphatic heterocycles. The molecule has 2 aromatic rings. The van der Waals surface area contributed by atoms with Crippen molar-refractivity contribution in [3.05, 3.63) is 42.5 Å². The number of aryl methyl sites for hydroxylation is 1. The summed E-state index contributed by atoms with van der Waals surface area (Å²) in [6.07, 6.45) is 6.92. The van der Waals surface area contributed by atoms with Gasteiger partial charge < -0.3 is 10.2 Å². The van der Waals surface area contributed by atoms with Gasteiger partial charge in [0.25, 0.3) is 0 Å². The molecule has 3 rings (SSSR count). The third-order valence-electron chi connectivity index (χ3n) is 3.81. The maximum absolute atomic E-state index is 12.4. The summed E-state index contributed by atoms with van der Waals surface area (Å²) in [4.78, 5) is 27.3. The molecule has 2 aromatic heterocycles. The van der Waals surface area contributed by atoms with Crippen LogP contribution >= 0.6 is 0 Å². The second kappa shape index (κ2) is 6.51. The monoisotopic (exact) mass is 297 g/mol. The standard InChI is InChI=1S/C16H19N5O/c1-12-4-2-6-14(19-12)20-16(22)13-5-3-9-21(11-13)15-10-17-7-8-18-15/h2,4,6-8,10,13H,3,5,9,11H2,1H3,(H,19,20,22)/t13-/m1/s1. The van der Waals surface area contributed by atoms with Gasteiger partial charge in [-0.1, -0.05) is 6.07 Å². The van der Waals surface area contributed by atoms with Gasteiger partial charge in [-0.25, -0.2) is 9.97 Å². The number of pyridine rings is 1. The molecule has 0 spiro atoms. The Morgan fingerprint density at radius 3 is 3.05 bits per heavy atom. The number of hydrogen-bond donors (Lipinski definition) is 1. The van der Waals surface area contributed by atoms with Crippen molar-refractivity contribution in [1.82, 2.24) is 15.0 Å². The molecule has 0 bridgehead atoms. The van der Waals surface area contributed by atoms with E-state index in [4.69, 9.17) is 0 Å². The average molecular weight is 297 g/mol. The van der Waals surface area contributed by atoms with Crippen LogP contribution in [-0.2, 0) is 4.79 Å². The van der Waals surface area contributed by atoms with Crippen molar-refractivity contribution in [3.63, 3.8) is 0 Å². The molecule has 0 aliphatic carbocycles. The molecule has 114 valence electrons. The summed E-state index contributed by atoms with van der Waals surface area (Å²) in [6, 6.07) is 5.62. The van der Waals surface area contributed by atoms with Crippen LogP contribution in [0.3, 0.4) is 0 Å². The van der Waals surface area contributed by atoms with Gasteiger partial charge in [0.1, 0.15) is 11.6 Å². The zero-order valence-electron chi connectivity index (χ0n) is 12.6. The quantitative estimate of drug-likeness (QED) is 0.938. The normalized spacial score (nSPS) is 18.0. The Morgan fingerprint density at radius 2 is 2.27 bits per heavy atom. The molecule has 1 fully saturated rings. The minimum atomic E-state index is -0.0573. The highest BCUT2D eigenvalue weighted by Gasteiger charge is 2.26. The van der Waals surface area contributed by atoms with E-state index >= 15 is 0 Å². The summed E-state index contributed by atoms with van der Waals surface area (Å²) < 4.78 is 0. The fourth-order valence-electron chi connectivity index (χ4n) is 2.69. The van der Waals surface area contributed by atoms with Gasteiger partial charge in [0.2, 0.25) is 5.91 Å². The molecule has 1 N–H and O–H groups in total. The highest BCUT2D eigenvalue weighted by Crippen LogP contribution is 2.22. The summed E-state index contributed by atoms with van der Waals surface area (Å²) in [6.45, 7) is 3.48. The summed E-state index contributed by atoms with van der Waals surface area (Å²) >= 11 is 0. The highest BCUT2D eigenvalue weighted by atomic mass is 16.2. The van der Waals surface area contributed by atoms with Crippen LogP contribution in [0.4, 0.5) is 11.6 Å². The van der Waals surface area contributed by atoms with Crippen molar-refractivity contribution in [2.24, 2.45) is 5.92 Å². The van der Waals surface area contributed by atoms with Crippen LogP contribution in [0.25, 0.3) is 0 Å². The molecule has 0 radical (unpaired) electrons. The molecule has 1 aliphatic rings. The number of nitrogens with one attached hydrogen (secondary N) is 1. The van der Waals surface area contributed by atoms with Gasteiger partial charge in [0.05, 0.1) is 12.1 Å². The van der Waals surface area contributed by atoms with Gasteiger partial charge in [0.15, 0.2) is 0 Å². The van der Waals surface area contributed by atoms with Crippen LogP contribution in [0.2, 0.25) is 0 Å². The fourth-order valence-corrected chi connectivity index (χ4v) is 2.69. The van der Waals surface area contributed by atoms with Gasteiger partial charge in [-0.15, -0.1) is 0 Å². The Kier molecular flexibility index (Phi) is 4.27. The number of piperidine rings is 1. The lowest BCUT2D eigenvalue weighted by atomic mass is 9.97. The Balaban J connectivity index is 1.65. The van der Waals surface area contributed by atoms with Gasteiger partial charge in [-0.05, 0) is 31.9 Å². The topological polar surface area (TPSA) is 71.0 Å². The number of hydrogen-bond acceptors (Lipinski definition) is 5. The van der Waals surface area contributed by atoms with Crippen molar-refractivity contribution in [2.75, 3.05) is 23.3 Å². The van der Waals surface area contributed by atoms with E-state index in [1.54, 1.807) is 18.6 Å². The van der Waals surface area contributed by atoms with Crippen LogP contribution < -0.4 is 10.2 Å². The molecule has 0 saturated carbocycles. The fraction of sp³-hybridized carbons (Fsp3) is 0.375. The Bertz CT molecular complexity index is 646. The van der Waals surface area contributed by atoms with Crippen molar-refractivity contribution < 1.29 is 4.79 Å². The second-order valence-corrected chi connectivity index (χ2v) is 5.50. The van der Waals surface area contributed by atoms with Crippen LogP contribution in [0, 0.1) is 12.8 Å². The molecule has 6 nitrogen and oxygen atoms in total. The number of nitrogens with zero attached hydrogens (tertiary/aromatic N) is 4. The Hall–Kier alpha value is -2.50. The molecule has 22 heavy (non-hydrogen) atoms. The summed E-state index contributed by atoms with van der Waals surface area (Å²) in [5.41, 5.74) is 0.891. The van der Waals surface area contributed by atoms with E-state index in [1.165, 1.54) is 0 Å². The number of aromatic nitrogens is 3. The van der Waals surface area contributed by atoms with Crippen molar-refractivity contribution in [1.29, 1.82) is 0 Å². The lowest BCUT2D eigenvalue weighted by Gasteiger charge is -2.32. The zero-order valence-corrected chi connectivity index (χ0v) is 12.6. The number of carbonyl (C=O) groups excluding carboxylic acids is 1. The zero-order chi connectivity index (χ0) is 15.4. The Labute approximate surface area is 129 Å². The minimum absolute atomic E-state index is 0.0201. The molecule has 0 aromatic carbocycles. The van der Waals surface area contributed by atoms with E-state index in [-0.39, 0.29) is 11.8 Å². The lowest BCUT2D eigenvalue weighted by molar-refractivity contribution is -0.120. The van der Waals surface area contributed by atoms with Gasteiger partial charge >= 0.3 is 0 Å². The van der Waals surface area contributed by atoms with Crippen molar-refractivity contribution >= 4 is 17.5 Å². The first-order valence-electron chi connectivity index (χ1n) is 7.48. The van der Waals surface area contributed by atoms with Gasteiger partial charge in [-0.2, -0.15) is 0 Å². The first-order chi connectivity index (χ1) is 10.7. The lowest BCUT2D eigenvalue weighted by Crippen LogP contribution is -2.41. The molecule has 1 amide bonds. The third kappa shape index (κ3) is 3.39. The van der Waals surface area contributed by atoms with E-state index < -0.39 is 0 Å². The maximum atomic E-state index is 12.4. The smallest absolute Gasteiger partial charge is 0.230 e. The summed E-state index contributed by atoms with van der Waals surface area (Å²) in [5, 5.41) is 2.91. The van der Waals surface area contributed by atoms with Crippen LogP contribution in [-0.4, -0.2) is 33.9 Å². The number of carbonyl (C=O) groups is 1. The van der Waals surface area contributed by atoms with Crippen molar-refractivity contribution in [3.8, 4) is 0 Å². The predicted octanol–water partition coefficient (Wildman–Crippen LogP) is 2.04. The Morgan fingerprint density at radius 1 is 1.36 bits per heavy atom. The van der Waals surface area contributed by atoms with Crippen LogP contribution in [0.5, 0.6) is 0 Å². The van der Waals surface area contributed by atoms with E-state index in [2.05, 4.69) is 25.2 Å². The minimum Gasteiger partial charge on any atom is -0.355 e. The summed E-state index contributed by atoms with van der Waals surface area (Å²) in [7, 11) is 0. The van der Waals surface area contributed by atoms with E-state index in [9.17, 15) is 4.79 Å². The van der Waals surface area contributed by atoms with E-state index in [0.717, 1.165) is 30.9 Å². The molecule has 1 saturated heterocycles. The first-order valence-corrected chi connectivity index (χ1v) is 7.48. The van der Waals surface area contributed by atoms with Gasteiger partial charge in [0, 0.05) is 31.2 Å². The predicted molar refractivity (Wildman–Crippen MR) is 84.6 cm³/mol.